The zero-order valence-electron chi connectivity index (χ0n) is 12.8. The number of thiocarbonyl (C=S) groups is 1. The molecule has 0 radical (unpaired) electrons. The molecule has 4 nitrogen and oxygen atoms in total. The van der Waals surface area contributed by atoms with Crippen LogP contribution in [0.2, 0.25) is 0 Å². The minimum absolute atomic E-state index is 0.444. The van der Waals surface area contributed by atoms with Crippen LogP contribution in [-0.2, 0) is 19.6 Å². The molecule has 0 atom stereocenters. The summed E-state index contributed by atoms with van der Waals surface area (Å²) in [5, 5.41) is 4.48. The Morgan fingerprint density at radius 3 is 2.76 bits per heavy atom. The monoisotopic (exact) mass is 302 g/mol. The maximum atomic E-state index is 5.68. The van der Waals surface area contributed by atoms with E-state index in [1.807, 2.05) is 19.1 Å². The summed E-state index contributed by atoms with van der Waals surface area (Å²) in [6, 6.07) is 10.2. The number of benzene rings is 1. The van der Waals surface area contributed by atoms with Crippen molar-refractivity contribution in [3.63, 3.8) is 0 Å². The van der Waals surface area contributed by atoms with Gasteiger partial charge in [0.25, 0.3) is 0 Å². The molecule has 1 aromatic carbocycles. The summed E-state index contributed by atoms with van der Waals surface area (Å²) in [4.78, 5) is 2.71. The maximum Gasteiger partial charge on any atom is 0.103 e. The average molecular weight is 302 g/mol. The van der Waals surface area contributed by atoms with E-state index in [9.17, 15) is 0 Å². The number of hydrogen-bond acceptors (Lipinski definition) is 3. The predicted molar refractivity (Wildman–Crippen MR) is 90.1 cm³/mol. The lowest BCUT2D eigenvalue weighted by molar-refractivity contribution is 0.307. The SMILES string of the molecule is CCn1nc(C)cc1CN(C)Cc1cccc(C(N)=S)c1. The molecular weight excluding hydrogens is 280 g/mol. The minimum Gasteiger partial charge on any atom is -0.389 e. The highest BCUT2D eigenvalue weighted by Gasteiger charge is 2.08. The van der Waals surface area contributed by atoms with Crippen LogP contribution in [0.1, 0.15) is 29.4 Å². The topological polar surface area (TPSA) is 47.1 Å². The summed E-state index contributed by atoms with van der Waals surface area (Å²) in [6.07, 6.45) is 0. The van der Waals surface area contributed by atoms with Crippen LogP contribution in [0.15, 0.2) is 30.3 Å². The van der Waals surface area contributed by atoms with Crippen LogP contribution in [0.5, 0.6) is 0 Å². The molecule has 0 amide bonds. The Hall–Kier alpha value is -1.72. The van der Waals surface area contributed by atoms with Gasteiger partial charge in [-0.05, 0) is 38.6 Å². The number of rotatable bonds is 6. The van der Waals surface area contributed by atoms with Crippen LogP contribution < -0.4 is 5.73 Å². The third kappa shape index (κ3) is 4.12. The lowest BCUT2D eigenvalue weighted by Crippen LogP contribution is -2.20. The molecule has 0 unspecified atom stereocenters. The van der Waals surface area contributed by atoms with Crippen molar-refractivity contribution in [3.8, 4) is 0 Å². The van der Waals surface area contributed by atoms with Crippen LogP contribution in [0, 0.1) is 6.92 Å². The summed E-state index contributed by atoms with van der Waals surface area (Å²) in [7, 11) is 2.11. The molecule has 21 heavy (non-hydrogen) atoms. The summed E-state index contributed by atoms with van der Waals surface area (Å²) < 4.78 is 2.05. The molecule has 0 aliphatic carbocycles. The average Bonchev–Trinajstić information content (AvgIpc) is 2.78. The van der Waals surface area contributed by atoms with Crippen molar-refractivity contribution < 1.29 is 0 Å². The molecule has 2 rings (SSSR count). The first-order chi connectivity index (χ1) is 9.99. The van der Waals surface area contributed by atoms with Crippen LogP contribution >= 0.6 is 12.2 Å². The Kier molecular flexibility index (Phi) is 5.09. The lowest BCUT2D eigenvalue weighted by Gasteiger charge is -2.17. The fourth-order valence-electron chi connectivity index (χ4n) is 2.47. The zero-order chi connectivity index (χ0) is 15.4. The first-order valence-electron chi connectivity index (χ1n) is 7.10. The van der Waals surface area contributed by atoms with E-state index in [0.717, 1.165) is 30.9 Å². The van der Waals surface area contributed by atoms with Gasteiger partial charge in [-0.3, -0.25) is 9.58 Å². The van der Waals surface area contributed by atoms with Gasteiger partial charge >= 0.3 is 0 Å². The Bertz CT molecular complexity index is 633. The van der Waals surface area contributed by atoms with E-state index in [-0.39, 0.29) is 0 Å². The van der Waals surface area contributed by atoms with Crippen molar-refractivity contribution >= 4 is 17.2 Å². The number of nitrogens with two attached hydrogens (primary N) is 1. The second-order valence-corrected chi connectivity index (χ2v) is 5.77. The highest BCUT2D eigenvalue weighted by atomic mass is 32.1. The second-order valence-electron chi connectivity index (χ2n) is 5.33. The highest BCUT2D eigenvalue weighted by molar-refractivity contribution is 7.80. The van der Waals surface area contributed by atoms with Crippen molar-refractivity contribution in [2.75, 3.05) is 7.05 Å². The molecule has 0 saturated heterocycles. The molecule has 112 valence electrons. The molecular formula is C16H22N4S. The molecule has 1 aromatic heterocycles. The number of aromatic nitrogens is 2. The van der Waals surface area contributed by atoms with Crippen LogP contribution in [0.3, 0.4) is 0 Å². The van der Waals surface area contributed by atoms with E-state index in [4.69, 9.17) is 18.0 Å². The largest absolute Gasteiger partial charge is 0.389 e. The number of hydrogen-bond donors (Lipinski definition) is 1. The van der Waals surface area contributed by atoms with E-state index in [2.05, 4.69) is 46.9 Å². The number of nitrogens with zero attached hydrogens (tertiary/aromatic N) is 3. The lowest BCUT2D eigenvalue weighted by atomic mass is 10.1. The summed E-state index contributed by atoms with van der Waals surface area (Å²) in [5.41, 5.74) is 10.1. The van der Waals surface area contributed by atoms with E-state index in [1.165, 1.54) is 11.3 Å². The molecule has 5 heteroatoms. The molecule has 2 N–H and O–H groups in total. The van der Waals surface area contributed by atoms with Crippen molar-refractivity contribution in [2.45, 2.75) is 33.5 Å². The Labute approximate surface area is 131 Å². The van der Waals surface area contributed by atoms with Crippen LogP contribution in [-0.4, -0.2) is 26.7 Å². The normalized spacial score (nSPS) is 11.0. The minimum atomic E-state index is 0.444. The van der Waals surface area contributed by atoms with Gasteiger partial charge < -0.3 is 5.73 Å². The Morgan fingerprint density at radius 1 is 1.33 bits per heavy atom. The van der Waals surface area contributed by atoms with E-state index < -0.39 is 0 Å². The molecule has 0 aliphatic rings. The first-order valence-corrected chi connectivity index (χ1v) is 7.51. The fraction of sp³-hybridized carbons (Fsp3) is 0.375. The van der Waals surface area contributed by atoms with E-state index in [1.54, 1.807) is 0 Å². The Morgan fingerprint density at radius 2 is 2.10 bits per heavy atom. The second kappa shape index (κ2) is 6.83. The third-order valence-corrected chi connectivity index (χ3v) is 3.62. The zero-order valence-corrected chi connectivity index (χ0v) is 13.7. The van der Waals surface area contributed by atoms with Crippen molar-refractivity contribution in [3.05, 3.63) is 52.8 Å². The molecule has 0 bridgehead atoms. The van der Waals surface area contributed by atoms with Gasteiger partial charge in [0.2, 0.25) is 0 Å². The smallest absolute Gasteiger partial charge is 0.103 e. The van der Waals surface area contributed by atoms with Crippen molar-refractivity contribution in [1.82, 2.24) is 14.7 Å². The summed E-state index contributed by atoms with van der Waals surface area (Å²) >= 11 is 5.03. The van der Waals surface area contributed by atoms with Gasteiger partial charge in [0.15, 0.2) is 0 Å². The van der Waals surface area contributed by atoms with Crippen LogP contribution in [0.25, 0.3) is 0 Å². The van der Waals surface area contributed by atoms with Crippen LogP contribution in [0.4, 0.5) is 0 Å². The molecule has 0 saturated carbocycles. The predicted octanol–water partition coefficient (Wildman–Crippen LogP) is 2.48. The molecule has 0 spiro atoms. The molecule has 1 heterocycles. The van der Waals surface area contributed by atoms with Gasteiger partial charge in [-0.15, -0.1) is 0 Å². The van der Waals surface area contributed by atoms with E-state index in [0.29, 0.717) is 4.99 Å². The molecule has 2 aromatic rings. The third-order valence-electron chi connectivity index (χ3n) is 3.38. The highest BCUT2D eigenvalue weighted by Crippen LogP contribution is 2.11. The number of aryl methyl sites for hydroxylation is 2. The first kappa shape index (κ1) is 15.7. The molecule has 0 fully saturated rings. The van der Waals surface area contributed by atoms with Gasteiger partial charge in [0.1, 0.15) is 4.99 Å². The van der Waals surface area contributed by atoms with Gasteiger partial charge in [-0.2, -0.15) is 5.10 Å². The van der Waals surface area contributed by atoms with Gasteiger partial charge in [0.05, 0.1) is 11.4 Å². The standard InChI is InChI=1S/C16H22N4S/c1-4-20-15(8-12(2)18-20)11-19(3)10-13-6-5-7-14(9-13)16(17)21/h5-9H,4,10-11H2,1-3H3,(H2,17,21). The van der Waals surface area contributed by atoms with Gasteiger partial charge in [-0.25, -0.2) is 0 Å². The fourth-order valence-corrected chi connectivity index (χ4v) is 2.59. The summed E-state index contributed by atoms with van der Waals surface area (Å²) in [6.45, 7) is 6.76. The summed E-state index contributed by atoms with van der Waals surface area (Å²) in [5.74, 6) is 0. The quantitative estimate of drug-likeness (QED) is 0.833. The maximum absolute atomic E-state index is 5.68. The van der Waals surface area contributed by atoms with Gasteiger partial charge in [0, 0.05) is 25.2 Å². The van der Waals surface area contributed by atoms with Crippen molar-refractivity contribution in [1.29, 1.82) is 0 Å². The Balaban J connectivity index is 2.06. The van der Waals surface area contributed by atoms with Gasteiger partial charge in [-0.1, -0.05) is 30.4 Å². The van der Waals surface area contributed by atoms with E-state index >= 15 is 0 Å². The van der Waals surface area contributed by atoms with Crippen molar-refractivity contribution in [2.24, 2.45) is 5.73 Å². The molecule has 0 aliphatic heterocycles.